The van der Waals surface area contributed by atoms with E-state index < -0.39 is 60.5 Å². The van der Waals surface area contributed by atoms with Gasteiger partial charge in [-0.05, 0) is 24.3 Å². The lowest BCUT2D eigenvalue weighted by Crippen LogP contribution is -2.43. The number of primary amides is 2. The van der Waals surface area contributed by atoms with Gasteiger partial charge >= 0.3 is 11.9 Å². The molecule has 0 fully saturated rings. The predicted molar refractivity (Wildman–Crippen MR) is 91.8 cm³/mol. The molecule has 8 N–H and O–H groups in total. The Kier molecular flexibility index (Phi) is 7.62. The molecule has 0 heterocycles. The van der Waals surface area contributed by atoms with Crippen LogP contribution in [0.15, 0.2) is 24.3 Å². The Labute approximate surface area is 157 Å². The van der Waals surface area contributed by atoms with Crippen LogP contribution in [-0.2, 0) is 19.2 Å². The van der Waals surface area contributed by atoms with Gasteiger partial charge in [-0.2, -0.15) is 0 Å². The molecule has 150 valence electrons. The molecule has 2 atom stereocenters. The average molecular weight is 394 g/mol. The molecule has 0 aromatic heterocycles. The van der Waals surface area contributed by atoms with E-state index in [2.05, 4.69) is 10.6 Å². The molecule has 0 aliphatic heterocycles. The van der Waals surface area contributed by atoms with Gasteiger partial charge in [0.2, 0.25) is 11.8 Å². The van der Waals surface area contributed by atoms with Gasteiger partial charge in [-0.25, -0.2) is 9.59 Å². The van der Waals surface area contributed by atoms with E-state index in [4.69, 9.17) is 21.7 Å². The molecule has 0 saturated carbocycles. The lowest BCUT2D eigenvalue weighted by molar-refractivity contribution is -0.141. The highest BCUT2D eigenvalue weighted by molar-refractivity contribution is 6.00. The van der Waals surface area contributed by atoms with Crippen LogP contribution >= 0.6 is 0 Å². The van der Waals surface area contributed by atoms with Crippen LogP contribution in [-0.4, -0.2) is 57.9 Å². The quantitative estimate of drug-likeness (QED) is 0.255. The van der Waals surface area contributed by atoms with E-state index in [1.165, 1.54) is 24.3 Å². The third-order valence-electron chi connectivity index (χ3n) is 3.43. The van der Waals surface area contributed by atoms with Crippen molar-refractivity contribution in [3.63, 3.8) is 0 Å². The van der Waals surface area contributed by atoms with Crippen LogP contribution in [0.2, 0.25) is 0 Å². The molecule has 28 heavy (non-hydrogen) atoms. The van der Waals surface area contributed by atoms with Gasteiger partial charge in [0, 0.05) is 11.1 Å². The number of rotatable bonds is 10. The molecule has 0 spiro atoms. The van der Waals surface area contributed by atoms with Crippen LogP contribution in [0.4, 0.5) is 0 Å². The fourth-order valence-corrected chi connectivity index (χ4v) is 2.06. The van der Waals surface area contributed by atoms with Crippen molar-refractivity contribution in [2.24, 2.45) is 11.5 Å². The fourth-order valence-electron chi connectivity index (χ4n) is 2.06. The monoisotopic (exact) mass is 394 g/mol. The zero-order chi connectivity index (χ0) is 21.4. The predicted octanol–water partition coefficient (Wildman–Crippen LogP) is -2.20. The van der Waals surface area contributed by atoms with Crippen molar-refractivity contribution in [3.05, 3.63) is 35.4 Å². The Hall–Kier alpha value is -3.96. The molecule has 0 radical (unpaired) electrons. The Balaban J connectivity index is 2.83. The Morgan fingerprint density at radius 3 is 1.21 bits per heavy atom. The Morgan fingerprint density at radius 2 is 1.00 bits per heavy atom. The maximum absolute atomic E-state index is 12.1. The number of hydrogen-bond acceptors (Lipinski definition) is 6. The second-order valence-corrected chi connectivity index (χ2v) is 5.65. The van der Waals surface area contributed by atoms with Crippen molar-refractivity contribution in [2.75, 3.05) is 0 Å². The van der Waals surface area contributed by atoms with Crippen molar-refractivity contribution in [3.8, 4) is 0 Å². The number of carboxylic acids is 2. The number of amides is 4. The van der Waals surface area contributed by atoms with E-state index in [1.807, 2.05) is 0 Å². The summed E-state index contributed by atoms with van der Waals surface area (Å²) in [5.74, 6) is -6.36. The van der Waals surface area contributed by atoms with E-state index >= 15 is 0 Å². The lowest BCUT2D eigenvalue weighted by Gasteiger charge is -2.14. The first-order chi connectivity index (χ1) is 13.0. The van der Waals surface area contributed by atoms with E-state index in [9.17, 15) is 28.8 Å². The second kappa shape index (κ2) is 9.66. The van der Waals surface area contributed by atoms with Crippen molar-refractivity contribution in [1.29, 1.82) is 0 Å². The number of aliphatic carboxylic acids is 2. The molecule has 12 nitrogen and oxygen atoms in total. The van der Waals surface area contributed by atoms with Crippen LogP contribution in [0, 0.1) is 0 Å². The minimum atomic E-state index is -1.52. The largest absolute Gasteiger partial charge is 0.480 e. The molecule has 0 bridgehead atoms. The number of nitrogens with one attached hydrogen (secondary N) is 2. The first-order valence-corrected chi connectivity index (χ1v) is 7.75. The van der Waals surface area contributed by atoms with Gasteiger partial charge in [-0.1, -0.05) is 0 Å². The van der Waals surface area contributed by atoms with Crippen LogP contribution in [0.1, 0.15) is 33.6 Å². The zero-order valence-electron chi connectivity index (χ0n) is 14.4. The highest BCUT2D eigenvalue weighted by Gasteiger charge is 2.24. The molecule has 12 heteroatoms. The minimum absolute atomic E-state index is 0.0146. The number of carbonyl (C=O) groups excluding carboxylic acids is 4. The summed E-state index contributed by atoms with van der Waals surface area (Å²) in [7, 11) is 0. The maximum Gasteiger partial charge on any atom is 0.326 e. The normalized spacial score (nSPS) is 12.3. The van der Waals surface area contributed by atoms with Crippen LogP contribution in [0.3, 0.4) is 0 Å². The highest BCUT2D eigenvalue weighted by atomic mass is 16.4. The summed E-state index contributed by atoms with van der Waals surface area (Å²) >= 11 is 0. The van der Waals surface area contributed by atoms with Gasteiger partial charge in [0.1, 0.15) is 12.1 Å². The lowest BCUT2D eigenvalue weighted by atomic mass is 10.1. The summed E-state index contributed by atoms with van der Waals surface area (Å²) in [5.41, 5.74) is 9.81. The van der Waals surface area contributed by atoms with Gasteiger partial charge in [0.25, 0.3) is 11.8 Å². The molecule has 1 rings (SSSR count). The maximum atomic E-state index is 12.1. The van der Waals surface area contributed by atoms with Gasteiger partial charge in [0.05, 0.1) is 12.8 Å². The summed E-state index contributed by atoms with van der Waals surface area (Å²) in [6.07, 6.45) is -1.20. The first-order valence-electron chi connectivity index (χ1n) is 7.75. The van der Waals surface area contributed by atoms with Crippen molar-refractivity contribution in [2.45, 2.75) is 24.9 Å². The number of hydrogen-bond donors (Lipinski definition) is 6. The topological polar surface area (TPSA) is 219 Å². The molecule has 4 amide bonds. The summed E-state index contributed by atoms with van der Waals surface area (Å²) in [6, 6.07) is 1.74. The molecular formula is C16H18N4O8. The number of benzene rings is 1. The second-order valence-electron chi connectivity index (χ2n) is 5.65. The zero-order valence-corrected chi connectivity index (χ0v) is 14.4. The molecular weight excluding hydrogens is 376 g/mol. The summed E-state index contributed by atoms with van der Waals surface area (Å²) in [5, 5.41) is 22.2. The summed E-state index contributed by atoms with van der Waals surface area (Å²) in [6.45, 7) is 0. The van der Waals surface area contributed by atoms with Crippen LogP contribution < -0.4 is 22.1 Å². The van der Waals surface area contributed by atoms with E-state index in [0.29, 0.717) is 0 Å². The standard InChI is InChI=1S/C16H18N4O8/c17-11(21)5-9(15(25)26)19-13(23)7-1-2-8(4-3-7)14(24)20-10(16(27)28)6-12(18)22/h1-4,9-10H,5-6H2,(H2,17,21)(H2,18,22)(H,19,23)(H,20,24)(H,25,26)(H,27,28)/t9-,10+. The SMILES string of the molecule is NC(=O)C[C@H](NC(=O)c1ccc(C(=O)N[C@H](CC(N)=O)C(=O)O)cc1)C(=O)O. The highest BCUT2D eigenvalue weighted by Crippen LogP contribution is 2.07. The van der Waals surface area contributed by atoms with E-state index in [1.54, 1.807) is 0 Å². The first kappa shape index (κ1) is 22.1. The summed E-state index contributed by atoms with van der Waals surface area (Å²) < 4.78 is 0. The molecule has 0 aliphatic rings. The Bertz CT molecular complexity index is 738. The number of carboxylic acid groups (broad SMARTS) is 2. The minimum Gasteiger partial charge on any atom is -0.480 e. The number of carbonyl (C=O) groups is 6. The van der Waals surface area contributed by atoms with Gasteiger partial charge in [0.15, 0.2) is 0 Å². The molecule has 1 aromatic carbocycles. The van der Waals surface area contributed by atoms with Crippen molar-refractivity contribution in [1.82, 2.24) is 10.6 Å². The van der Waals surface area contributed by atoms with Gasteiger partial charge in [-0.15, -0.1) is 0 Å². The van der Waals surface area contributed by atoms with Gasteiger partial charge in [-0.3, -0.25) is 19.2 Å². The average Bonchev–Trinajstić information content (AvgIpc) is 2.59. The molecule has 0 unspecified atom stereocenters. The van der Waals surface area contributed by atoms with E-state index in [-0.39, 0.29) is 11.1 Å². The van der Waals surface area contributed by atoms with Crippen molar-refractivity contribution >= 4 is 35.6 Å². The smallest absolute Gasteiger partial charge is 0.326 e. The van der Waals surface area contributed by atoms with E-state index in [0.717, 1.165) is 0 Å². The van der Waals surface area contributed by atoms with Crippen LogP contribution in [0.5, 0.6) is 0 Å². The molecule has 1 aromatic rings. The van der Waals surface area contributed by atoms with Crippen molar-refractivity contribution < 1.29 is 39.0 Å². The third kappa shape index (κ3) is 6.74. The van der Waals surface area contributed by atoms with Gasteiger partial charge < -0.3 is 32.3 Å². The molecule has 0 saturated heterocycles. The third-order valence-corrected chi connectivity index (χ3v) is 3.43. The fraction of sp³-hybridized carbons (Fsp3) is 0.250. The Morgan fingerprint density at radius 1 is 0.714 bits per heavy atom. The number of nitrogens with two attached hydrogens (primary N) is 2. The molecule has 0 aliphatic carbocycles. The van der Waals surface area contributed by atoms with Crippen LogP contribution in [0.25, 0.3) is 0 Å². The summed E-state index contributed by atoms with van der Waals surface area (Å²) in [4.78, 5) is 67.8.